The van der Waals surface area contributed by atoms with E-state index < -0.39 is 42.6 Å². The lowest BCUT2D eigenvalue weighted by Crippen LogP contribution is -2.36. The van der Waals surface area contributed by atoms with Crippen LogP contribution < -0.4 is 11.2 Å². The molecule has 1 aromatic rings. The van der Waals surface area contributed by atoms with Crippen LogP contribution in [0.4, 0.5) is 0 Å². The molecule has 3 N–H and O–H groups in total. The summed E-state index contributed by atoms with van der Waals surface area (Å²) >= 11 is 0. The van der Waals surface area contributed by atoms with Crippen molar-refractivity contribution in [1.29, 1.82) is 0 Å². The maximum Gasteiger partial charge on any atom is 0.328 e. The second-order valence-electron chi connectivity index (χ2n) is 7.77. The molecule has 1 aromatic heterocycles. The van der Waals surface area contributed by atoms with Gasteiger partial charge in [0.1, 0.15) is 18.3 Å². The molecule has 1 saturated heterocycles. The van der Waals surface area contributed by atoms with E-state index in [-0.39, 0.29) is 5.56 Å². The summed E-state index contributed by atoms with van der Waals surface area (Å²) in [6, 6.07) is 0. The van der Waals surface area contributed by atoms with Crippen LogP contribution in [0.3, 0.4) is 0 Å². The summed E-state index contributed by atoms with van der Waals surface area (Å²) in [5.74, 6) is 0. The minimum atomic E-state index is -1.28. The van der Waals surface area contributed by atoms with Gasteiger partial charge in [-0.25, -0.2) is 4.79 Å². The van der Waals surface area contributed by atoms with Crippen molar-refractivity contribution >= 4 is 13.2 Å². The van der Waals surface area contributed by atoms with Gasteiger partial charge < -0.3 is 19.5 Å². The standard InChI is InChI=1S/C18H31N2O5P/c1-5-6-7-9-20-11-12(17(23)19-18(20)24)16-15(22)14(21)13(25-16)8-10-26(2,3)4/h11,13-16,21-22H,2,5-10H2,1,3-4H3,(H,19,23,24)/t13-,14-,15-,16+/m1/s1. The number of nitrogens with zero attached hydrogens (tertiary/aromatic N) is 1. The molecule has 1 aliphatic heterocycles. The molecule has 0 unspecified atom stereocenters. The molecule has 1 fully saturated rings. The number of aromatic amines is 1. The number of unbranched alkanes of at least 4 members (excludes halogenated alkanes) is 2. The molecule has 0 amide bonds. The fourth-order valence-electron chi connectivity index (χ4n) is 3.15. The first-order chi connectivity index (χ1) is 12.1. The molecule has 0 aromatic carbocycles. The monoisotopic (exact) mass is 386 g/mol. The number of H-pyrrole nitrogens is 1. The van der Waals surface area contributed by atoms with Crippen molar-refractivity contribution in [3.05, 3.63) is 32.6 Å². The first-order valence-corrected chi connectivity index (χ1v) is 12.2. The third kappa shape index (κ3) is 5.19. The van der Waals surface area contributed by atoms with E-state index in [0.29, 0.717) is 13.0 Å². The highest BCUT2D eigenvalue weighted by Gasteiger charge is 2.44. The maximum atomic E-state index is 12.2. The number of aliphatic hydroxyl groups excluding tert-OH is 2. The van der Waals surface area contributed by atoms with E-state index in [4.69, 9.17) is 4.74 Å². The zero-order chi connectivity index (χ0) is 19.5. The predicted molar refractivity (Wildman–Crippen MR) is 106 cm³/mol. The highest BCUT2D eigenvalue weighted by molar-refractivity contribution is 7.72. The van der Waals surface area contributed by atoms with Crippen molar-refractivity contribution in [2.24, 2.45) is 0 Å². The van der Waals surface area contributed by atoms with Crippen molar-refractivity contribution in [2.75, 3.05) is 19.5 Å². The third-order valence-electron chi connectivity index (χ3n) is 4.73. The van der Waals surface area contributed by atoms with Gasteiger partial charge in [0.25, 0.3) is 5.56 Å². The van der Waals surface area contributed by atoms with Gasteiger partial charge in [0, 0.05) is 12.7 Å². The normalized spacial score (nSPS) is 26.3. The number of aryl methyl sites for hydroxylation is 1. The summed E-state index contributed by atoms with van der Waals surface area (Å²) in [6.45, 7) is 5.47. The van der Waals surface area contributed by atoms with Gasteiger partial charge in [-0.3, -0.25) is 9.78 Å². The van der Waals surface area contributed by atoms with Crippen LogP contribution in [0.15, 0.2) is 15.8 Å². The summed E-state index contributed by atoms with van der Waals surface area (Å²) in [5.41, 5.74) is -0.870. The summed E-state index contributed by atoms with van der Waals surface area (Å²) < 4.78 is 7.26. The first kappa shape index (κ1) is 21.2. The first-order valence-electron chi connectivity index (χ1n) is 9.16. The van der Waals surface area contributed by atoms with Crippen LogP contribution in [0.25, 0.3) is 0 Å². The Kier molecular flexibility index (Phi) is 7.08. The van der Waals surface area contributed by atoms with Gasteiger partial charge in [-0.2, -0.15) is 0 Å². The number of ether oxygens (including phenoxy) is 1. The minimum absolute atomic E-state index is 0.179. The van der Waals surface area contributed by atoms with E-state index in [1.54, 1.807) is 0 Å². The lowest BCUT2D eigenvalue weighted by atomic mass is 10.0. The van der Waals surface area contributed by atoms with Crippen molar-refractivity contribution in [3.63, 3.8) is 0 Å². The molecule has 8 heteroatoms. The van der Waals surface area contributed by atoms with Crippen LogP contribution in [0.1, 0.15) is 44.3 Å². The molecule has 0 saturated carbocycles. The molecule has 26 heavy (non-hydrogen) atoms. The lowest BCUT2D eigenvalue weighted by Gasteiger charge is -2.18. The van der Waals surface area contributed by atoms with Gasteiger partial charge in [0.15, 0.2) is 0 Å². The van der Waals surface area contributed by atoms with Gasteiger partial charge in [-0.05, 0) is 32.3 Å². The van der Waals surface area contributed by atoms with Crippen molar-refractivity contribution in [3.8, 4) is 0 Å². The Morgan fingerprint density at radius 2 is 1.96 bits per heavy atom. The Morgan fingerprint density at radius 3 is 2.58 bits per heavy atom. The fraction of sp³-hybridized carbons (Fsp3) is 0.722. The van der Waals surface area contributed by atoms with E-state index in [2.05, 4.69) is 31.5 Å². The smallest absolute Gasteiger partial charge is 0.328 e. The molecule has 0 radical (unpaired) electrons. The average molecular weight is 386 g/mol. The number of hydrogen-bond acceptors (Lipinski definition) is 5. The Bertz CT molecular complexity index is 766. The summed E-state index contributed by atoms with van der Waals surface area (Å²) in [4.78, 5) is 26.5. The van der Waals surface area contributed by atoms with E-state index in [1.165, 1.54) is 10.8 Å². The maximum absolute atomic E-state index is 12.2. The average Bonchev–Trinajstić information content (AvgIpc) is 2.83. The Hall–Kier alpha value is -1.14. The predicted octanol–water partition coefficient (Wildman–Crippen LogP) is 0.988. The van der Waals surface area contributed by atoms with E-state index in [1.807, 2.05) is 0 Å². The van der Waals surface area contributed by atoms with E-state index in [9.17, 15) is 19.8 Å². The molecule has 0 bridgehead atoms. The Labute approximate surface area is 154 Å². The Morgan fingerprint density at radius 1 is 1.27 bits per heavy atom. The van der Waals surface area contributed by atoms with Gasteiger partial charge in [0.05, 0.1) is 11.7 Å². The SMILES string of the molecule is C=P(C)(C)CC[C@H]1O[C@@H](c2cn(CCCCC)c(=O)[nH]c2=O)[C@H](O)[C@@H]1O. The number of aliphatic hydroxyl groups is 2. The van der Waals surface area contributed by atoms with Crippen molar-refractivity contribution < 1.29 is 14.9 Å². The van der Waals surface area contributed by atoms with Crippen LogP contribution in [0, 0.1) is 0 Å². The number of rotatable bonds is 8. The molecule has 148 valence electrons. The third-order valence-corrected chi connectivity index (χ3v) is 6.20. The van der Waals surface area contributed by atoms with Gasteiger partial charge in [0.2, 0.25) is 0 Å². The van der Waals surface area contributed by atoms with Crippen LogP contribution in [-0.2, 0) is 11.3 Å². The summed E-state index contributed by atoms with van der Waals surface area (Å²) in [6.07, 6.45) is 6.07. The van der Waals surface area contributed by atoms with E-state index >= 15 is 0 Å². The molecule has 2 rings (SSSR count). The molecular formula is C18H31N2O5P. The zero-order valence-electron chi connectivity index (χ0n) is 15.9. The van der Waals surface area contributed by atoms with Crippen LogP contribution in [0.2, 0.25) is 0 Å². The number of nitrogens with one attached hydrogen (secondary N) is 1. The van der Waals surface area contributed by atoms with Gasteiger partial charge in [-0.1, -0.05) is 19.8 Å². The van der Waals surface area contributed by atoms with Crippen LogP contribution >= 0.6 is 6.89 Å². The molecule has 0 aliphatic carbocycles. The summed E-state index contributed by atoms with van der Waals surface area (Å²) in [7, 11) is 0. The molecule has 2 heterocycles. The summed E-state index contributed by atoms with van der Waals surface area (Å²) in [5, 5.41) is 20.7. The lowest BCUT2D eigenvalue weighted by molar-refractivity contribution is 0.00493. The molecule has 0 spiro atoms. The van der Waals surface area contributed by atoms with Gasteiger partial charge >= 0.3 is 5.69 Å². The quantitative estimate of drug-likeness (QED) is 0.457. The van der Waals surface area contributed by atoms with Crippen molar-refractivity contribution in [2.45, 2.75) is 63.6 Å². The van der Waals surface area contributed by atoms with Crippen molar-refractivity contribution in [1.82, 2.24) is 9.55 Å². The largest absolute Gasteiger partial charge is 0.388 e. The van der Waals surface area contributed by atoms with E-state index in [0.717, 1.165) is 25.4 Å². The molecule has 7 nitrogen and oxygen atoms in total. The van der Waals surface area contributed by atoms with Crippen LogP contribution in [0.5, 0.6) is 0 Å². The Balaban J connectivity index is 2.21. The highest BCUT2D eigenvalue weighted by Crippen LogP contribution is 2.40. The molecular weight excluding hydrogens is 355 g/mol. The number of hydrogen-bond donors (Lipinski definition) is 3. The fourth-order valence-corrected chi connectivity index (χ4v) is 4.10. The second-order valence-corrected chi connectivity index (χ2v) is 12.1. The molecule has 4 atom stereocenters. The number of aromatic nitrogens is 2. The highest BCUT2D eigenvalue weighted by atomic mass is 31.2. The zero-order valence-corrected chi connectivity index (χ0v) is 16.7. The topological polar surface area (TPSA) is 105 Å². The van der Waals surface area contributed by atoms with Crippen LogP contribution in [-0.4, -0.2) is 63.9 Å². The second kappa shape index (κ2) is 8.70. The minimum Gasteiger partial charge on any atom is -0.388 e. The molecule has 1 aliphatic rings. The van der Waals surface area contributed by atoms with Gasteiger partial charge in [-0.15, -0.1) is 13.2 Å².